The van der Waals surface area contributed by atoms with E-state index in [0.29, 0.717) is 34.1 Å². The zero-order valence-corrected chi connectivity index (χ0v) is 17.6. The fourth-order valence-corrected chi connectivity index (χ4v) is 4.33. The highest BCUT2D eigenvalue weighted by Crippen LogP contribution is 2.41. The van der Waals surface area contributed by atoms with E-state index in [1.165, 1.54) is 0 Å². The monoisotopic (exact) mass is 416 g/mol. The van der Waals surface area contributed by atoms with Gasteiger partial charge in [-0.15, -0.1) is 0 Å². The number of H-pyrrole nitrogens is 1. The summed E-state index contributed by atoms with van der Waals surface area (Å²) in [5.41, 5.74) is 4.24. The second kappa shape index (κ2) is 7.58. The number of nitrogens with one attached hydrogen (secondary N) is 2. The molecule has 0 spiro atoms. The number of rotatable bonds is 3. The highest BCUT2D eigenvalue weighted by Gasteiger charge is 2.30. The Bertz CT molecular complexity index is 1180. The van der Waals surface area contributed by atoms with Crippen molar-refractivity contribution in [2.24, 2.45) is 0 Å². The zero-order valence-electron chi connectivity index (χ0n) is 17.6. The van der Waals surface area contributed by atoms with Gasteiger partial charge in [0.2, 0.25) is 0 Å². The molecular formula is C24H24N4O3. The lowest BCUT2D eigenvalue weighted by Crippen LogP contribution is -2.36. The summed E-state index contributed by atoms with van der Waals surface area (Å²) in [4.78, 5) is 27.9. The Morgan fingerprint density at radius 2 is 1.94 bits per heavy atom. The van der Waals surface area contributed by atoms with Crippen molar-refractivity contribution in [1.82, 2.24) is 10.2 Å². The molecule has 1 aliphatic carbocycles. The number of aryl methyl sites for hydroxylation is 1. The summed E-state index contributed by atoms with van der Waals surface area (Å²) in [6, 6.07) is 12.5. The van der Waals surface area contributed by atoms with Crippen LogP contribution in [0.4, 0.5) is 11.4 Å². The number of aromatic amines is 1. The molecule has 0 fully saturated rings. The summed E-state index contributed by atoms with van der Waals surface area (Å²) in [6.07, 6.45) is 3.97. The molecule has 2 heterocycles. The Balaban J connectivity index is 1.49. The summed E-state index contributed by atoms with van der Waals surface area (Å²) in [7, 11) is 0. The van der Waals surface area contributed by atoms with E-state index in [9.17, 15) is 9.59 Å². The van der Waals surface area contributed by atoms with E-state index in [1.54, 1.807) is 35.2 Å². The van der Waals surface area contributed by atoms with E-state index in [-0.39, 0.29) is 17.9 Å². The first kappa shape index (κ1) is 19.4. The number of carbonyl (C=O) groups is 2. The highest BCUT2D eigenvalue weighted by molar-refractivity contribution is 6.11. The first-order valence-corrected chi connectivity index (χ1v) is 10.6. The lowest BCUT2D eigenvalue weighted by atomic mass is 9.96. The number of aromatic nitrogens is 2. The van der Waals surface area contributed by atoms with Crippen molar-refractivity contribution in [2.45, 2.75) is 45.6 Å². The molecule has 1 aliphatic heterocycles. The van der Waals surface area contributed by atoms with Crippen molar-refractivity contribution in [3.8, 4) is 11.5 Å². The Labute approximate surface area is 180 Å². The van der Waals surface area contributed by atoms with Crippen LogP contribution in [0.15, 0.2) is 42.5 Å². The van der Waals surface area contributed by atoms with Crippen molar-refractivity contribution in [1.29, 1.82) is 0 Å². The lowest BCUT2D eigenvalue weighted by molar-refractivity contribution is 0.0979. The average Bonchev–Trinajstić information content (AvgIpc) is 3.15. The molecule has 2 aromatic carbocycles. The summed E-state index contributed by atoms with van der Waals surface area (Å²) in [5.74, 6) is 0.716. The first-order valence-electron chi connectivity index (χ1n) is 10.6. The summed E-state index contributed by atoms with van der Waals surface area (Å²) < 4.78 is 6.07. The fourth-order valence-electron chi connectivity index (χ4n) is 4.33. The maximum absolute atomic E-state index is 13.3. The maximum atomic E-state index is 13.3. The number of ether oxygens (including phenoxy) is 1. The number of anilines is 2. The molecule has 5 rings (SSSR count). The van der Waals surface area contributed by atoms with Gasteiger partial charge in [-0.1, -0.05) is 12.1 Å². The molecule has 0 unspecified atom stereocenters. The van der Waals surface area contributed by atoms with Crippen LogP contribution in [0, 0.1) is 0 Å². The SMILES string of the molecule is CC(C)N1C(=O)c2ccccc2Oc2ccc(NC(=O)c3n[nH]c4c3CCCC4)cc21. The van der Waals surface area contributed by atoms with Crippen LogP contribution in [-0.4, -0.2) is 28.1 Å². The van der Waals surface area contributed by atoms with E-state index >= 15 is 0 Å². The Kier molecular flexibility index (Phi) is 4.73. The van der Waals surface area contributed by atoms with E-state index in [1.807, 2.05) is 26.0 Å². The Morgan fingerprint density at radius 1 is 1.13 bits per heavy atom. The first-order chi connectivity index (χ1) is 15.0. The highest BCUT2D eigenvalue weighted by atomic mass is 16.5. The van der Waals surface area contributed by atoms with Gasteiger partial charge in [0, 0.05) is 23.0 Å². The molecule has 2 N–H and O–H groups in total. The molecule has 2 amide bonds. The minimum absolute atomic E-state index is 0.0923. The van der Waals surface area contributed by atoms with Gasteiger partial charge < -0.3 is 15.0 Å². The second-order valence-electron chi connectivity index (χ2n) is 8.24. The number of amides is 2. The zero-order chi connectivity index (χ0) is 21.5. The van der Waals surface area contributed by atoms with Crippen LogP contribution < -0.4 is 15.0 Å². The molecule has 158 valence electrons. The van der Waals surface area contributed by atoms with E-state index in [2.05, 4.69) is 15.5 Å². The van der Waals surface area contributed by atoms with Crippen LogP contribution in [0.5, 0.6) is 11.5 Å². The van der Waals surface area contributed by atoms with Crippen LogP contribution >= 0.6 is 0 Å². The molecule has 2 aliphatic rings. The number of hydrogen-bond donors (Lipinski definition) is 2. The molecule has 0 saturated heterocycles. The van der Waals surface area contributed by atoms with Gasteiger partial charge in [-0.2, -0.15) is 5.10 Å². The van der Waals surface area contributed by atoms with Crippen LogP contribution in [-0.2, 0) is 12.8 Å². The normalized spacial score (nSPS) is 14.9. The van der Waals surface area contributed by atoms with Crippen LogP contribution in [0.1, 0.15) is 58.8 Å². The van der Waals surface area contributed by atoms with Gasteiger partial charge in [0.05, 0.1) is 11.3 Å². The molecule has 7 nitrogen and oxygen atoms in total. The van der Waals surface area contributed by atoms with Gasteiger partial charge in [0.1, 0.15) is 5.75 Å². The predicted octanol–water partition coefficient (Wildman–Crippen LogP) is 4.70. The van der Waals surface area contributed by atoms with Gasteiger partial charge in [0.25, 0.3) is 11.8 Å². The van der Waals surface area contributed by atoms with Crippen molar-refractivity contribution < 1.29 is 14.3 Å². The van der Waals surface area contributed by atoms with E-state index in [0.717, 1.165) is 36.9 Å². The summed E-state index contributed by atoms with van der Waals surface area (Å²) in [6.45, 7) is 3.91. The maximum Gasteiger partial charge on any atom is 0.276 e. The van der Waals surface area contributed by atoms with Gasteiger partial charge >= 0.3 is 0 Å². The van der Waals surface area contributed by atoms with Crippen LogP contribution in [0.25, 0.3) is 0 Å². The fraction of sp³-hybridized carbons (Fsp3) is 0.292. The molecule has 0 atom stereocenters. The van der Waals surface area contributed by atoms with Gasteiger partial charge in [-0.05, 0) is 69.9 Å². The van der Waals surface area contributed by atoms with Crippen LogP contribution in [0.3, 0.4) is 0 Å². The molecule has 0 radical (unpaired) electrons. The number of para-hydroxylation sites is 1. The van der Waals surface area contributed by atoms with Crippen molar-refractivity contribution in [3.63, 3.8) is 0 Å². The minimum Gasteiger partial charge on any atom is -0.454 e. The topological polar surface area (TPSA) is 87.3 Å². The van der Waals surface area contributed by atoms with Gasteiger partial charge in [-0.3, -0.25) is 14.7 Å². The number of nitrogens with zero attached hydrogens (tertiary/aromatic N) is 2. The molecule has 3 aromatic rings. The summed E-state index contributed by atoms with van der Waals surface area (Å²) in [5, 5.41) is 10.2. The quantitative estimate of drug-likeness (QED) is 0.648. The number of hydrogen-bond acceptors (Lipinski definition) is 4. The molecule has 7 heteroatoms. The van der Waals surface area contributed by atoms with Crippen molar-refractivity contribution in [2.75, 3.05) is 10.2 Å². The number of carbonyl (C=O) groups excluding carboxylic acids is 2. The van der Waals surface area contributed by atoms with Crippen LogP contribution in [0.2, 0.25) is 0 Å². The number of benzene rings is 2. The molecule has 0 saturated carbocycles. The van der Waals surface area contributed by atoms with E-state index < -0.39 is 0 Å². The molecule has 31 heavy (non-hydrogen) atoms. The summed E-state index contributed by atoms with van der Waals surface area (Å²) >= 11 is 0. The Hall–Kier alpha value is -3.61. The third kappa shape index (κ3) is 3.36. The van der Waals surface area contributed by atoms with Gasteiger partial charge in [0.15, 0.2) is 11.4 Å². The second-order valence-corrected chi connectivity index (χ2v) is 8.24. The Morgan fingerprint density at radius 3 is 2.77 bits per heavy atom. The third-order valence-electron chi connectivity index (χ3n) is 5.82. The average molecular weight is 416 g/mol. The minimum atomic E-state index is -0.250. The van der Waals surface area contributed by atoms with Gasteiger partial charge in [-0.25, -0.2) is 0 Å². The van der Waals surface area contributed by atoms with Crippen molar-refractivity contribution >= 4 is 23.2 Å². The predicted molar refractivity (Wildman–Crippen MR) is 118 cm³/mol. The number of fused-ring (bicyclic) bond motifs is 3. The lowest BCUT2D eigenvalue weighted by Gasteiger charge is -2.26. The van der Waals surface area contributed by atoms with E-state index in [4.69, 9.17) is 4.74 Å². The standard InChI is InChI=1S/C24H24N4O3/c1-14(2)28-19-13-15(25-23(29)22-16-7-3-5-9-18(16)26-27-22)11-12-21(19)31-20-10-6-4-8-17(20)24(28)30/h4,6,8,10-14H,3,5,7,9H2,1-2H3,(H,25,29)(H,26,27). The molecule has 1 aromatic heterocycles. The molecule has 0 bridgehead atoms. The largest absolute Gasteiger partial charge is 0.454 e. The smallest absolute Gasteiger partial charge is 0.276 e. The third-order valence-corrected chi connectivity index (χ3v) is 5.82. The molecular weight excluding hydrogens is 392 g/mol. The van der Waals surface area contributed by atoms with Crippen molar-refractivity contribution in [3.05, 3.63) is 65.0 Å².